The number of pyridine rings is 1. The van der Waals surface area contributed by atoms with Crippen LogP contribution in [0.2, 0.25) is 0 Å². The summed E-state index contributed by atoms with van der Waals surface area (Å²) >= 11 is 0. The molecule has 0 spiro atoms. The fourth-order valence-electron chi connectivity index (χ4n) is 3.33. The fourth-order valence-corrected chi connectivity index (χ4v) is 3.33. The van der Waals surface area contributed by atoms with Crippen LogP contribution in [-0.4, -0.2) is 30.0 Å². The maximum Gasteiger partial charge on any atom is 0.172 e. The second-order valence-corrected chi connectivity index (χ2v) is 7.27. The minimum absolute atomic E-state index is 0.0343. The lowest BCUT2D eigenvalue weighted by atomic mass is 9.98. The topological polar surface area (TPSA) is 84.1 Å². The Morgan fingerprint density at radius 1 is 0.966 bits per heavy atom. The number of aromatic hydroxyl groups is 2. The summed E-state index contributed by atoms with van der Waals surface area (Å²) in [6.45, 7) is 3.97. The van der Waals surface area contributed by atoms with Gasteiger partial charge in [0.15, 0.2) is 5.82 Å². The number of hydrogen-bond donors (Lipinski definition) is 2. The number of phenolic OH excluding ortho intramolecular Hbond substituents is 2. The van der Waals surface area contributed by atoms with E-state index < -0.39 is 0 Å². The molecule has 0 saturated heterocycles. The summed E-state index contributed by atoms with van der Waals surface area (Å²) in [5.41, 5.74) is 4.32. The monoisotopic (exact) mass is 386 g/mol. The molecule has 2 aromatic heterocycles. The highest BCUT2D eigenvalue weighted by atomic mass is 16.3. The first-order chi connectivity index (χ1) is 14.0. The van der Waals surface area contributed by atoms with Crippen LogP contribution >= 0.6 is 0 Å². The Hall–Kier alpha value is -3.67. The van der Waals surface area contributed by atoms with Crippen molar-refractivity contribution < 1.29 is 10.2 Å². The number of benzene rings is 2. The van der Waals surface area contributed by atoms with Crippen LogP contribution < -0.4 is 0 Å². The number of aromatic nitrogens is 4. The average Bonchev–Trinajstić information content (AvgIpc) is 3.18. The molecular weight excluding hydrogens is 364 g/mol. The Kier molecular flexibility index (Phi) is 4.99. The van der Waals surface area contributed by atoms with E-state index >= 15 is 0 Å². The Morgan fingerprint density at radius 2 is 1.76 bits per heavy atom. The van der Waals surface area contributed by atoms with Crippen LogP contribution in [0.5, 0.6) is 11.5 Å². The third-order valence-corrected chi connectivity index (χ3v) is 4.88. The SMILES string of the molecule is CC(C)c1cc(-c2nncn2-c2ccc(Cc3ccccn3)cc2)c(O)cc1O. The van der Waals surface area contributed by atoms with Gasteiger partial charge in [-0.1, -0.05) is 32.0 Å². The van der Waals surface area contributed by atoms with E-state index in [1.54, 1.807) is 18.6 Å². The van der Waals surface area contributed by atoms with Gasteiger partial charge in [0, 0.05) is 30.1 Å². The lowest BCUT2D eigenvalue weighted by Crippen LogP contribution is -1.99. The van der Waals surface area contributed by atoms with Crippen LogP contribution in [0.4, 0.5) is 0 Å². The summed E-state index contributed by atoms with van der Waals surface area (Å²) in [5.74, 6) is 0.664. The first kappa shape index (κ1) is 18.7. The van der Waals surface area contributed by atoms with Crippen LogP contribution in [0.1, 0.15) is 36.6 Å². The van der Waals surface area contributed by atoms with E-state index in [0.29, 0.717) is 11.4 Å². The zero-order valence-corrected chi connectivity index (χ0v) is 16.3. The van der Waals surface area contributed by atoms with Crippen molar-refractivity contribution in [2.45, 2.75) is 26.2 Å². The third kappa shape index (κ3) is 3.82. The molecule has 2 N–H and O–H groups in total. The highest BCUT2D eigenvalue weighted by molar-refractivity contribution is 5.69. The summed E-state index contributed by atoms with van der Waals surface area (Å²) in [6.07, 6.45) is 4.17. The normalized spacial score (nSPS) is 11.1. The summed E-state index contributed by atoms with van der Waals surface area (Å²) in [6, 6.07) is 17.1. The number of phenols is 2. The molecule has 0 atom stereocenters. The fraction of sp³-hybridized carbons (Fsp3) is 0.174. The lowest BCUT2D eigenvalue weighted by Gasteiger charge is -2.13. The highest BCUT2D eigenvalue weighted by Gasteiger charge is 2.17. The van der Waals surface area contributed by atoms with Gasteiger partial charge in [0.05, 0.1) is 5.56 Å². The number of rotatable bonds is 5. The van der Waals surface area contributed by atoms with Crippen molar-refractivity contribution in [2.24, 2.45) is 0 Å². The van der Waals surface area contributed by atoms with Crippen molar-refractivity contribution in [2.75, 3.05) is 0 Å². The highest BCUT2D eigenvalue weighted by Crippen LogP contribution is 2.37. The number of hydrogen-bond acceptors (Lipinski definition) is 5. The minimum Gasteiger partial charge on any atom is -0.508 e. The summed E-state index contributed by atoms with van der Waals surface area (Å²) in [7, 11) is 0. The average molecular weight is 386 g/mol. The maximum atomic E-state index is 10.4. The molecule has 4 aromatic rings. The molecule has 0 radical (unpaired) electrons. The zero-order chi connectivity index (χ0) is 20.4. The van der Waals surface area contributed by atoms with Gasteiger partial charge >= 0.3 is 0 Å². The molecule has 0 aliphatic heterocycles. The Bertz CT molecular complexity index is 1120. The first-order valence-electron chi connectivity index (χ1n) is 9.48. The molecule has 2 aromatic carbocycles. The van der Waals surface area contributed by atoms with Crippen molar-refractivity contribution in [1.29, 1.82) is 0 Å². The minimum atomic E-state index is -0.0343. The molecule has 0 fully saturated rings. The van der Waals surface area contributed by atoms with Gasteiger partial charge in [-0.25, -0.2) is 0 Å². The van der Waals surface area contributed by atoms with Crippen LogP contribution in [0.15, 0.2) is 67.1 Å². The summed E-state index contributed by atoms with van der Waals surface area (Å²) in [4.78, 5) is 4.37. The van der Waals surface area contributed by atoms with Gasteiger partial charge in [-0.3, -0.25) is 9.55 Å². The van der Waals surface area contributed by atoms with E-state index in [2.05, 4.69) is 15.2 Å². The molecule has 0 aliphatic rings. The van der Waals surface area contributed by atoms with E-state index in [9.17, 15) is 10.2 Å². The van der Waals surface area contributed by atoms with Gasteiger partial charge in [0.2, 0.25) is 0 Å². The molecule has 0 saturated carbocycles. The second-order valence-electron chi connectivity index (χ2n) is 7.27. The molecule has 29 heavy (non-hydrogen) atoms. The van der Waals surface area contributed by atoms with Crippen molar-refractivity contribution >= 4 is 0 Å². The maximum absolute atomic E-state index is 10.4. The summed E-state index contributed by atoms with van der Waals surface area (Å²) < 4.78 is 1.82. The third-order valence-electron chi connectivity index (χ3n) is 4.88. The molecular formula is C23H22N4O2. The standard InChI is InChI=1S/C23H22N4O2/c1-15(2)19-12-20(22(29)13-21(19)28)23-26-25-14-27(23)18-8-6-16(7-9-18)11-17-5-3-4-10-24-17/h3-10,12-15,28-29H,11H2,1-2H3. The van der Waals surface area contributed by atoms with Crippen molar-refractivity contribution in [3.8, 4) is 28.6 Å². The molecule has 6 heteroatoms. The predicted molar refractivity (Wildman–Crippen MR) is 111 cm³/mol. The van der Waals surface area contributed by atoms with Crippen molar-refractivity contribution in [3.63, 3.8) is 0 Å². The van der Waals surface area contributed by atoms with E-state index in [1.165, 1.54) is 6.07 Å². The molecule has 0 amide bonds. The number of nitrogens with zero attached hydrogens (tertiary/aromatic N) is 4. The van der Waals surface area contributed by atoms with Crippen molar-refractivity contribution in [3.05, 3.63) is 83.9 Å². The molecule has 0 aliphatic carbocycles. The Balaban J connectivity index is 1.67. The smallest absolute Gasteiger partial charge is 0.172 e. The van der Waals surface area contributed by atoms with Crippen LogP contribution in [0.3, 0.4) is 0 Å². The Labute approximate surface area is 169 Å². The lowest BCUT2D eigenvalue weighted by molar-refractivity contribution is 0.444. The zero-order valence-electron chi connectivity index (χ0n) is 16.3. The molecule has 0 bridgehead atoms. The quantitative estimate of drug-likeness (QED) is 0.529. The van der Waals surface area contributed by atoms with Gasteiger partial charge in [0.1, 0.15) is 17.8 Å². The molecule has 2 heterocycles. The predicted octanol–water partition coefficient (Wildman–Crippen LogP) is 4.45. The summed E-state index contributed by atoms with van der Waals surface area (Å²) in [5, 5.41) is 28.8. The van der Waals surface area contributed by atoms with Crippen molar-refractivity contribution in [1.82, 2.24) is 19.7 Å². The van der Waals surface area contributed by atoms with E-state index in [4.69, 9.17) is 0 Å². The Morgan fingerprint density at radius 3 is 2.45 bits per heavy atom. The van der Waals surface area contributed by atoms with Gasteiger partial charge < -0.3 is 10.2 Å². The molecule has 0 unspecified atom stereocenters. The van der Waals surface area contributed by atoms with Crippen LogP contribution in [0.25, 0.3) is 17.1 Å². The van der Waals surface area contributed by atoms with Gasteiger partial charge in [0.25, 0.3) is 0 Å². The van der Waals surface area contributed by atoms with E-state index in [0.717, 1.165) is 28.9 Å². The van der Waals surface area contributed by atoms with E-state index in [-0.39, 0.29) is 17.4 Å². The van der Waals surface area contributed by atoms with E-state index in [1.807, 2.05) is 60.9 Å². The largest absolute Gasteiger partial charge is 0.508 e. The molecule has 4 rings (SSSR count). The molecule has 146 valence electrons. The van der Waals surface area contributed by atoms with Gasteiger partial charge in [-0.2, -0.15) is 0 Å². The van der Waals surface area contributed by atoms with Crippen LogP contribution in [0, 0.1) is 0 Å². The first-order valence-corrected chi connectivity index (χ1v) is 9.48. The van der Waals surface area contributed by atoms with Crippen LogP contribution in [-0.2, 0) is 6.42 Å². The van der Waals surface area contributed by atoms with Gasteiger partial charge in [-0.15, -0.1) is 10.2 Å². The molecule has 6 nitrogen and oxygen atoms in total. The van der Waals surface area contributed by atoms with Gasteiger partial charge in [-0.05, 0) is 47.4 Å². The second kappa shape index (κ2) is 7.75.